The van der Waals surface area contributed by atoms with Gasteiger partial charge >= 0.3 is 0 Å². The summed E-state index contributed by atoms with van der Waals surface area (Å²) in [5.41, 5.74) is 3.45. The van der Waals surface area contributed by atoms with Crippen molar-refractivity contribution in [2.24, 2.45) is 0 Å². The molecule has 9 heteroatoms. The molecule has 1 aliphatic heterocycles. The number of aromatic nitrogens is 2. The van der Waals surface area contributed by atoms with Gasteiger partial charge in [0.15, 0.2) is 5.16 Å². The number of fused-ring (bicyclic) bond motifs is 3. The van der Waals surface area contributed by atoms with Crippen LogP contribution in [0.2, 0.25) is 0 Å². The number of benzene rings is 2. The Hall–Kier alpha value is -3.43. The number of rotatable bonds is 6. The van der Waals surface area contributed by atoms with E-state index in [1.807, 2.05) is 54.6 Å². The van der Waals surface area contributed by atoms with E-state index in [0.29, 0.717) is 40.6 Å². The average molecular weight is 519 g/mol. The highest BCUT2D eigenvalue weighted by atomic mass is 32.2. The molecule has 2 aromatic carbocycles. The average Bonchev–Trinajstić information content (AvgIpc) is 3.26. The van der Waals surface area contributed by atoms with Crippen LogP contribution < -0.4 is 10.9 Å². The molecule has 4 aromatic rings. The second-order valence-corrected chi connectivity index (χ2v) is 10.7. The fourth-order valence-electron chi connectivity index (χ4n) is 4.39. The molecule has 0 saturated heterocycles. The Morgan fingerprint density at radius 1 is 1.14 bits per heavy atom. The molecular weight excluding hydrogens is 492 g/mol. The number of hydrogen-bond donors (Lipinski definition) is 1. The molecule has 0 aliphatic carbocycles. The largest absolute Gasteiger partial charge is 0.337 e. The van der Waals surface area contributed by atoms with Crippen LogP contribution in [0, 0.1) is 0 Å². The number of carbonyl (C=O) groups excluding carboxylic acids is 2. The SMILES string of the molecule is CCc1cccc(NC(=O)CSc2nc3sc4c(c3c(=O)n2-c2ccccc2)CCN(C(C)=O)C4)c1. The summed E-state index contributed by atoms with van der Waals surface area (Å²) >= 11 is 2.70. The summed E-state index contributed by atoms with van der Waals surface area (Å²) in [6.07, 6.45) is 1.52. The van der Waals surface area contributed by atoms with Gasteiger partial charge in [-0.1, -0.05) is 49.0 Å². The standard InChI is InChI=1S/C27H26N4O3S2/c1-3-18-8-7-9-19(14-18)28-23(33)16-35-27-29-25-24(26(34)31(27)20-10-5-4-6-11-20)21-12-13-30(17(2)32)15-22(21)36-25/h4-11,14H,3,12-13,15-16H2,1-2H3,(H,28,33). The van der Waals surface area contributed by atoms with E-state index in [9.17, 15) is 14.4 Å². The summed E-state index contributed by atoms with van der Waals surface area (Å²) in [6.45, 7) is 4.73. The Labute approximate surface area is 217 Å². The Morgan fingerprint density at radius 3 is 2.69 bits per heavy atom. The van der Waals surface area contributed by atoms with Gasteiger partial charge in [-0.15, -0.1) is 11.3 Å². The van der Waals surface area contributed by atoms with Crippen LogP contribution in [0.15, 0.2) is 64.5 Å². The molecule has 184 valence electrons. The van der Waals surface area contributed by atoms with Gasteiger partial charge in [0, 0.05) is 24.0 Å². The second-order valence-electron chi connectivity index (χ2n) is 8.64. The molecule has 0 radical (unpaired) electrons. The number of nitrogens with zero attached hydrogens (tertiary/aromatic N) is 3. The molecule has 3 heterocycles. The van der Waals surface area contributed by atoms with Crippen molar-refractivity contribution < 1.29 is 9.59 Å². The number of nitrogens with one attached hydrogen (secondary N) is 1. The topological polar surface area (TPSA) is 84.3 Å². The van der Waals surface area contributed by atoms with Crippen LogP contribution in [0.1, 0.15) is 29.9 Å². The van der Waals surface area contributed by atoms with Crippen LogP contribution in [0.25, 0.3) is 15.9 Å². The van der Waals surface area contributed by atoms with E-state index < -0.39 is 0 Å². The third kappa shape index (κ3) is 4.81. The van der Waals surface area contributed by atoms with E-state index in [1.54, 1.807) is 16.4 Å². The number of hydrogen-bond acceptors (Lipinski definition) is 6. The first-order valence-corrected chi connectivity index (χ1v) is 13.6. The first-order chi connectivity index (χ1) is 17.4. The summed E-state index contributed by atoms with van der Waals surface area (Å²) in [7, 11) is 0. The highest BCUT2D eigenvalue weighted by Crippen LogP contribution is 2.34. The number of thiophene rings is 1. The zero-order valence-electron chi connectivity index (χ0n) is 20.1. The maximum Gasteiger partial charge on any atom is 0.267 e. The third-order valence-electron chi connectivity index (χ3n) is 6.25. The molecule has 0 bridgehead atoms. The fourth-order valence-corrected chi connectivity index (χ4v) is 6.48. The van der Waals surface area contributed by atoms with Gasteiger partial charge in [0.25, 0.3) is 5.56 Å². The van der Waals surface area contributed by atoms with E-state index >= 15 is 0 Å². The predicted octanol–water partition coefficient (Wildman–Crippen LogP) is 4.65. The van der Waals surface area contributed by atoms with Gasteiger partial charge in [-0.05, 0) is 48.2 Å². The minimum absolute atomic E-state index is 0.0273. The molecule has 0 atom stereocenters. The molecule has 0 unspecified atom stereocenters. The zero-order valence-corrected chi connectivity index (χ0v) is 21.7. The van der Waals surface area contributed by atoms with Gasteiger partial charge in [0.2, 0.25) is 11.8 Å². The molecule has 36 heavy (non-hydrogen) atoms. The van der Waals surface area contributed by atoms with Gasteiger partial charge in [-0.25, -0.2) is 4.98 Å². The quantitative estimate of drug-likeness (QED) is 0.297. The number of anilines is 1. The molecule has 7 nitrogen and oxygen atoms in total. The molecule has 1 N–H and O–H groups in total. The van der Waals surface area contributed by atoms with Crippen molar-refractivity contribution in [2.75, 3.05) is 17.6 Å². The maximum absolute atomic E-state index is 13.8. The van der Waals surface area contributed by atoms with Gasteiger partial charge in [0.05, 0.1) is 23.4 Å². The summed E-state index contributed by atoms with van der Waals surface area (Å²) in [6, 6.07) is 17.2. The lowest BCUT2D eigenvalue weighted by Gasteiger charge is -2.25. The van der Waals surface area contributed by atoms with Crippen molar-refractivity contribution in [1.82, 2.24) is 14.5 Å². The van der Waals surface area contributed by atoms with Crippen LogP contribution in [0.4, 0.5) is 5.69 Å². The Morgan fingerprint density at radius 2 is 1.94 bits per heavy atom. The Bertz CT molecular complexity index is 1510. The highest BCUT2D eigenvalue weighted by Gasteiger charge is 2.26. The van der Waals surface area contributed by atoms with Crippen molar-refractivity contribution in [1.29, 1.82) is 0 Å². The molecule has 2 aromatic heterocycles. The number of para-hydroxylation sites is 1. The number of thioether (sulfide) groups is 1. The summed E-state index contributed by atoms with van der Waals surface area (Å²) in [5, 5.41) is 4.03. The summed E-state index contributed by atoms with van der Waals surface area (Å²) in [5.74, 6) is -0.0195. The number of carbonyl (C=O) groups is 2. The molecule has 0 saturated carbocycles. The minimum Gasteiger partial charge on any atom is -0.337 e. The maximum atomic E-state index is 13.8. The third-order valence-corrected chi connectivity index (χ3v) is 8.30. The summed E-state index contributed by atoms with van der Waals surface area (Å²) < 4.78 is 1.60. The van der Waals surface area contributed by atoms with Gasteiger partial charge in [-0.2, -0.15) is 0 Å². The fraction of sp³-hybridized carbons (Fsp3) is 0.259. The lowest BCUT2D eigenvalue weighted by atomic mass is 10.1. The Kier molecular flexibility index (Phi) is 6.93. The molecule has 0 fully saturated rings. The molecule has 2 amide bonds. The van der Waals surface area contributed by atoms with Crippen LogP contribution in [-0.4, -0.2) is 38.6 Å². The van der Waals surface area contributed by atoms with E-state index in [2.05, 4.69) is 12.2 Å². The molecule has 0 spiro atoms. The summed E-state index contributed by atoms with van der Waals surface area (Å²) in [4.78, 5) is 46.8. The first-order valence-electron chi connectivity index (χ1n) is 11.8. The molecular formula is C27H26N4O3S2. The van der Waals surface area contributed by atoms with Crippen LogP contribution in [0.5, 0.6) is 0 Å². The lowest BCUT2D eigenvalue weighted by molar-refractivity contribution is -0.129. The van der Waals surface area contributed by atoms with Crippen molar-refractivity contribution in [3.8, 4) is 5.69 Å². The lowest BCUT2D eigenvalue weighted by Crippen LogP contribution is -2.34. The van der Waals surface area contributed by atoms with Crippen molar-refractivity contribution in [3.05, 3.63) is 81.0 Å². The minimum atomic E-state index is -0.162. The van der Waals surface area contributed by atoms with Gasteiger partial charge in [-0.3, -0.25) is 19.0 Å². The Balaban J connectivity index is 1.49. The van der Waals surface area contributed by atoms with E-state index in [0.717, 1.165) is 28.1 Å². The van der Waals surface area contributed by atoms with Crippen molar-refractivity contribution in [2.45, 2.75) is 38.4 Å². The van der Waals surface area contributed by atoms with Crippen molar-refractivity contribution >= 4 is 50.8 Å². The first kappa shape index (κ1) is 24.3. The monoisotopic (exact) mass is 518 g/mol. The van der Waals surface area contributed by atoms with Crippen LogP contribution >= 0.6 is 23.1 Å². The van der Waals surface area contributed by atoms with E-state index in [4.69, 9.17) is 4.98 Å². The predicted molar refractivity (Wildman–Crippen MR) is 145 cm³/mol. The zero-order chi connectivity index (χ0) is 25.2. The molecule has 5 rings (SSSR count). The smallest absolute Gasteiger partial charge is 0.267 e. The van der Waals surface area contributed by atoms with Gasteiger partial charge in [0.1, 0.15) is 4.83 Å². The normalized spacial score (nSPS) is 13.0. The van der Waals surface area contributed by atoms with E-state index in [-0.39, 0.29) is 23.1 Å². The van der Waals surface area contributed by atoms with Crippen LogP contribution in [-0.2, 0) is 29.0 Å². The molecule has 1 aliphatic rings. The van der Waals surface area contributed by atoms with Gasteiger partial charge < -0.3 is 10.2 Å². The highest BCUT2D eigenvalue weighted by molar-refractivity contribution is 7.99. The van der Waals surface area contributed by atoms with E-state index in [1.165, 1.54) is 23.1 Å². The second kappa shape index (κ2) is 10.3. The number of aryl methyl sites for hydroxylation is 1. The van der Waals surface area contributed by atoms with Crippen molar-refractivity contribution in [3.63, 3.8) is 0 Å². The van der Waals surface area contributed by atoms with Crippen LogP contribution in [0.3, 0.4) is 0 Å². The number of amides is 2.